The Balaban J connectivity index is 4.30. The zero-order valence-electron chi connectivity index (χ0n) is 12.2. The Morgan fingerprint density at radius 2 is 1.88 bits per heavy atom. The van der Waals surface area contributed by atoms with Crippen LogP contribution in [0.1, 0.15) is 40.5 Å². The van der Waals surface area contributed by atoms with Crippen LogP contribution in [0.5, 0.6) is 0 Å². The first-order valence-corrected chi connectivity index (χ1v) is 10.9. The highest BCUT2D eigenvalue weighted by atomic mass is 127. The Kier molecular flexibility index (Phi) is 8.02. The number of halogens is 1. The van der Waals surface area contributed by atoms with Crippen molar-refractivity contribution in [3.63, 3.8) is 0 Å². The number of hydrogen-bond acceptors (Lipinski definition) is 1. The summed E-state index contributed by atoms with van der Waals surface area (Å²) < 4.78 is 7.27. The van der Waals surface area contributed by atoms with Crippen LogP contribution < -0.4 is 0 Å². The molecule has 0 aliphatic heterocycles. The minimum absolute atomic E-state index is 0.291. The lowest BCUT2D eigenvalue weighted by molar-refractivity contribution is 0.266. The first-order chi connectivity index (χ1) is 7.74. The van der Waals surface area contributed by atoms with Gasteiger partial charge in [-0.3, -0.25) is 0 Å². The smallest absolute Gasteiger partial charge is 0.192 e. The summed E-state index contributed by atoms with van der Waals surface area (Å²) in [5, 5.41) is 0.291. The number of rotatable bonds is 5. The van der Waals surface area contributed by atoms with Crippen LogP contribution >= 0.6 is 22.6 Å². The molecule has 0 heterocycles. The molecule has 1 atom stereocenters. The van der Waals surface area contributed by atoms with E-state index in [9.17, 15) is 0 Å². The molecule has 17 heavy (non-hydrogen) atoms. The van der Waals surface area contributed by atoms with Gasteiger partial charge in [0.05, 0.1) is 5.92 Å². The van der Waals surface area contributed by atoms with Gasteiger partial charge in [0, 0.05) is 17.5 Å². The summed E-state index contributed by atoms with van der Waals surface area (Å²) in [7, 11) is -1.60. The van der Waals surface area contributed by atoms with Crippen LogP contribution in [0.15, 0.2) is 0 Å². The lowest BCUT2D eigenvalue weighted by Crippen LogP contribution is -2.42. The third-order valence-corrected chi connectivity index (χ3v) is 8.88. The SMILES string of the molecule is CCCC#CC(CI)CO[Si](C)(C)C(C)(C)C. The Labute approximate surface area is 122 Å². The summed E-state index contributed by atoms with van der Waals surface area (Å²) in [6.07, 6.45) is 2.15. The van der Waals surface area contributed by atoms with Gasteiger partial charge in [0.2, 0.25) is 0 Å². The van der Waals surface area contributed by atoms with Crippen LogP contribution in [-0.4, -0.2) is 19.4 Å². The maximum atomic E-state index is 6.21. The van der Waals surface area contributed by atoms with Gasteiger partial charge < -0.3 is 4.43 Å². The van der Waals surface area contributed by atoms with Gasteiger partial charge in [0.25, 0.3) is 0 Å². The minimum atomic E-state index is -1.60. The van der Waals surface area contributed by atoms with Gasteiger partial charge >= 0.3 is 0 Å². The summed E-state index contributed by atoms with van der Waals surface area (Å²) >= 11 is 2.41. The van der Waals surface area contributed by atoms with Crippen molar-refractivity contribution >= 4 is 30.9 Å². The predicted molar refractivity (Wildman–Crippen MR) is 88.2 cm³/mol. The number of alkyl halides is 1. The molecular weight excluding hydrogens is 339 g/mol. The van der Waals surface area contributed by atoms with Gasteiger partial charge in [0.1, 0.15) is 0 Å². The minimum Gasteiger partial charge on any atom is -0.416 e. The highest BCUT2D eigenvalue weighted by Crippen LogP contribution is 2.36. The van der Waals surface area contributed by atoms with Crippen molar-refractivity contribution in [2.24, 2.45) is 5.92 Å². The van der Waals surface area contributed by atoms with Crippen LogP contribution in [0, 0.1) is 17.8 Å². The largest absolute Gasteiger partial charge is 0.416 e. The maximum Gasteiger partial charge on any atom is 0.192 e. The Hall–Kier alpha value is 0.467. The lowest BCUT2D eigenvalue weighted by atomic mass is 10.2. The summed E-state index contributed by atoms with van der Waals surface area (Å²) in [6.45, 7) is 14.4. The predicted octanol–water partition coefficient (Wildman–Crippen LogP) is 4.86. The molecule has 0 aromatic heterocycles. The molecule has 0 amide bonds. The zero-order valence-corrected chi connectivity index (χ0v) is 15.3. The van der Waals surface area contributed by atoms with Gasteiger partial charge in [0.15, 0.2) is 8.32 Å². The molecule has 1 nitrogen and oxygen atoms in total. The second-order valence-corrected chi connectivity index (χ2v) is 11.7. The Morgan fingerprint density at radius 1 is 1.29 bits per heavy atom. The van der Waals surface area contributed by atoms with Crippen LogP contribution in [0.2, 0.25) is 18.1 Å². The van der Waals surface area contributed by atoms with E-state index in [0.717, 1.165) is 23.9 Å². The van der Waals surface area contributed by atoms with Gasteiger partial charge in [-0.15, -0.1) is 5.92 Å². The van der Waals surface area contributed by atoms with E-state index in [1.54, 1.807) is 0 Å². The van der Waals surface area contributed by atoms with Gasteiger partial charge in [-0.25, -0.2) is 0 Å². The van der Waals surface area contributed by atoms with E-state index in [0.29, 0.717) is 11.0 Å². The normalized spacial score (nSPS) is 14.1. The molecule has 0 aliphatic carbocycles. The molecule has 0 saturated carbocycles. The third-order valence-electron chi connectivity index (χ3n) is 3.32. The second kappa shape index (κ2) is 7.80. The van der Waals surface area contributed by atoms with E-state index in [1.165, 1.54) is 0 Å². The van der Waals surface area contributed by atoms with Crippen molar-refractivity contribution in [2.75, 3.05) is 11.0 Å². The Morgan fingerprint density at radius 3 is 2.29 bits per heavy atom. The molecule has 0 bridgehead atoms. The fraction of sp³-hybridized carbons (Fsp3) is 0.857. The van der Waals surface area contributed by atoms with E-state index in [-0.39, 0.29) is 0 Å². The topological polar surface area (TPSA) is 9.23 Å². The van der Waals surface area contributed by atoms with E-state index in [2.05, 4.69) is 75.2 Å². The molecule has 100 valence electrons. The average Bonchev–Trinajstić information content (AvgIpc) is 2.21. The average molecular weight is 366 g/mol. The van der Waals surface area contributed by atoms with Crippen molar-refractivity contribution in [3.8, 4) is 11.8 Å². The molecule has 3 heteroatoms. The van der Waals surface area contributed by atoms with Crippen molar-refractivity contribution in [1.82, 2.24) is 0 Å². The summed E-state index contributed by atoms with van der Waals surface area (Å²) in [4.78, 5) is 0. The second-order valence-electron chi connectivity index (χ2n) is 5.99. The standard InChI is InChI=1S/C14H27IOSi/c1-7-8-9-10-13(11-15)12-16-17(5,6)14(2,3)4/h13H,7-8,11-12H2,1-6H3. The van der Waals surface area contributed by atoms with Gasteiger partial charge in [-0.1, -0.05) is 56.2 Å². The fourth-order valence-corrected chi connectivity index (χ4v) is 2.52. The number of hydrogen-bond donors (Lipinski definition) is 0. The van der Waals surface area contributed by atoms with E-state index in [4.69, 9.17) is 4.43 Å². The van der Waals surface area contributed by atoms with Crippen molar-refractivity contribution < 1.29 is 4.43 Å². The molecule has 0 fully saturated rings. The monoisotopic (exact) mass is 366 g/mol. The molecule has 0 spiro atoms. The van der Waals surface area contributed by atoms with Crippen LogP contribution in [0.4, 0.5) is 0 Å². The molecule has 0 aromatic rings. The van der Waals surface area contributed by atoms with E-state index in [1.807, 2.05) is 0 Å². The fourth-order valence-electron chi connectivity index (χ4n) is 0.992. The van der Waals surface area contributed by atoms with Crippen molar-refractivity contribution in [3.05, 3.63) is 0 Å². The summed E-state index contributed by atoms with van der Waals surface area (Å²) in [5.74, 6) is 6.98. The molecule has 0 rings (SSSR count). The van der Waals surface area contributed by atoms with Crippen LogP contribution in [0.25, 0.3) is 0 Å². The molecule has 0 aliphatic rings. The molecule has 0 aromatic carbocycles. The zero-order chi connectivity index (χ0) is 13.5. The van der Waals surface area contributed by atoms with Crippen molar-refractivity contribution in [1.29, 1.82) is 0 Å². The molecule has 0 saturated heterocycles. The molecule has 0 N–H and O–H groups in total. The molecule has 0 radical (unpaired) electrons. The van der Waals surface area contributed by atoms with Crippen molar-refractivity contribution in [2.45, 2.75) is 58.7 Å². The Bertz CT molecular complexity index is 270. The highest BCUT2D eigenvalue weighted by Gasteiger charge is 2.37. The number of unbranched alkanes of at least 4 members (excludes halogenated alkanes) is 1. The first kappa shape index (κ1) is 17.5. The summed E-state index contributed by atoms with van der Waals surface area (Å²) in [6, 6.07) is 0. The quantitative estimate of drug-likeness (QED) is 0.292. The van der Waals surface area contributed by atoms with E-state index < -0.39 is 8.32 Å². The first-order valence-electron chi connectivity index (χ1n) is 6.43. The summed E-state index contributed by atoms with van der Waals surface area (Å²) in [5.41, 5.74) is 0. The van der Waals surface area contributed by atoms with E-state index >= 15 is 0 Å². The maximum absolute atomic E-state index is 6.21. The highest BCUT2D eigenvalue weighted by molar-refractivity contribution is 14.1. The van der Waals surface area contributed by atoms with Crippen LogP contribution in [-0.2, 0) is 4.43 Å². The van der Waals surface area contributed by atoms with Gasteiger partial charge in [-0.2, -0.15) is 0 Å². The van der Waals surface area contributed by atoms with Gasteiger partial charge in [-0.05, 0) is 24.6 Å². The lowest BCUT2D eigenvalue weighted by Gasteiger charge is -2.36. The molecule has 1 unspecified atom stereocenters. The molecular formula is C14H27IOSi. The van der Waals surface area contributed by atoms with Crippen LogP contribution in [0.3, 0.4) is 0 Å². The third kappa shape index (κ3) is 6.83.